The topological polar surface area (TPSA) is 32.3 Å². The fourth-order valence-corrected chi connectivity index (χ4v) is 2.31. The predicted octanol–water partition coefficient (Wildman–Crippen LogP) is 2.82. The number of nitrogens with one attached hydrogen (secondary N) is 1. The molecule has 1 unspecified atom stereocenters. The number of aliphatic hydroxyl groups is 1. The average molecular weight is 241 g/mol. The van der Waals surface area contributed by atoms with Gasteiger partial charge in [0.15, 0.2) is 0 Å². The summed E-state index contributed by atoms with van der Waals surface area (Å²) in [4.78, 5) is 1.36. The minimum absolute atomic E-state index is 0.494. The van der Waals surface area contributed by atoms with E-state index in [2.05, 4.69) is 36.7 Å². The van der Waals surface area contributed by atoms with Crippen molar-refractivity contribution < 1.29 is 5.11 Å². The molecule has 1 atom stereocenters. The summed E-state index contributed by atoms with van der Waals surface area (Å²) in [6.07, 6.45) is 2.64. The molecule has 16 heavy (non-hydrogen) atoms. The molecule has 0 saturated heterocycles. The fraction of sp³-hybridized carbons (Fsp3) is 0.692. The highest BCUT2D eigenvalue weighted by atomic mass is 32.1. The Labute approximate surface area is 103 Å². The molecule has 0 aromatic carbocycles. The molecule has 2 nitrogen and oxygen atoms in total. The summed E-state index contributed by atoms with van der Waals surface area (Å²) in [5.74, 6) is 0. The van der Waals surface area contributed by atoms with Crippen LogP contribution in [-0.4, -0.2) is 23.3 Å². The van der Waals surface area contributed by atoms with Crippen LogP contribution >= 0.6 is 11.3 Å². The number of thiophene rings is 1. The summed E-state index contributed by atoms with van der Waals surface area (Å²) in [6, 6.07) is 4.69. The van der Waals surface area contributed by atoms with E-state index in [4.69, 9.17) is 0 Å². The lowest BCUT2D eigenvalue weighted by atomic mass is 9.95. The van der Waals surface area contributed by atoms with Crippen molar-refractivity contribution in [2.75, 3.05) is 6.54 Å². The molecule has 0 saturated carbocycles. The maximum atomic E-state index is 10.2. The Morgan fingerprint density at radius 2 is 2.19 bits per heavy atom. The smallest absolute Gasteiger partial charge is 0.0635 e. The third-order valence-electron chi connectivity index (χ3n) is 2.71. The van der Waals surface area contributed by atoms with Crippen LogP contribution in [0.5, 0.6) is 0 Å². The summed E-state index contributed by atoms with van der Waals surface area (Å²) < 4.78 is 0. The zero-order chi connectivity index (χ0) is 12.0. The zero-order valence-electron chi connectivity index (χ0n) is 10.5. The minimum Gasteiger partial charge on any atom is -0.390 e. The molecule has 0 aliphatic carbocycles. The van der Waals surface area contributed by atoms with Gasteiger partial charge in [0.05, 0.1) is 5.60 Å². The minimum atomic E-state index is -0.550. The highest BCUT2D eigenvalue weighted by Crippen LogP contribution is 2.19. The van der Waals surface area contributed by atoms with Gasteiger partial charge in [-0.2, -0.15) is 0 Å². The Hall–Kier alpha value is -0.380. The number of aryl methyl sites for hydroxylation is 1. The van der Waals surface area contributed by atoms with Crippen molar-refractivity contribution in [3.8, 4) is 0 Å². The first kappa shape index (κ1) is 13.7. The summed E-state index contributed by atoms with van der Waals surface area (Å²) in [5, 5.41) is 15.6. The third kappa shape index (κ3) is 5.64. The van der Waals surface area contributed by atoms with Gasteiger partial charge in [0, 0.05) is 10.9 Å². The molecule has 92 valence electrons. The maximum absolute atomic E-state index is 10.2. The molecular formula is C13H23NOS. The summed E-state index contributed by atoms with van der Waals surface area (Å²) in [7, 11) is 0. The van der Waals surface area contributed by atoms with Crippen LogP contribution in [0, 0.1) is 0 Å². The van der Waals surface area contributed by atoms with Crippen molar-refractivity contribution in [2.24, 2.45) is 0 Å². The van der Waals surface area contributed by atoms with Crippen LogP contribution in [0.2, 0.25) is 0 Å². The van der Waals surface area contributed by atoms with Crippen LogP contribution in [0.15, 0.2) is 17.5 Å². The first-order valence-electron chi connectivity index (χ1n) is 5.98. The van der Waals surface area contributed by atoms with Crippen molar-refractivity contribution in [1.82, 2.24) is 5.32 Å². The lowest BCUT2D eigenvalue weighted by Crippen LogP contribution is -2.33. The number of hydrogen-bond acceptors (Lipinski definition) is 3. The monoisotopic (exact) mass is 241 g/mol. The summed E-state index contributed by atoms with van der Waals surface area (Å²) in [6.45, 7) is 7.07. The second-order valence-electron chi connectivity index (χ2n) is 4.94. The van der Waals surface area contributed by atoms with Gasteiger partial charge in [-0.25, -0.2) is 0 Å². The van der Waals surface area contributed by atoms with E-state index < -0.39 is 5.60 Å². The molecule has 1 aromatic heterocycles. The molecule has 0 aliphatic rings. The average Bonchev–Trinajstić information content (AvgIpc) is 2.66. The predicted molar refractivity (Wildman–Crippen MR) is 71.0 cm³/mol. The van der Waals surface area contributed by atoms with Gasteiger partial charge >= 0.3 is 0 Å². The van der Waals surface area contributed by atoms with E-state index in [1.54, 1.807) is 11.3 Å². The summed E-state index contributed by atoms with van der Waals surface area (Å²) >= 11 is 1.77. The van der Waals surface area contributed by atoms with E-state index >= 15 is 0 Å². The van der Waals surface area contributed by atoms with Crippen molar-refractivity contribution >= 4 is 11.3 Å². The summed E-state index contributed by atoms with van der Waals surface area (Å²) in [5.41, 5.74) is -0.550. The first-order valence-corrected chi connectivity index (χ1v) is 6.86. The molecule has 0 radical (unpaired) electrons. The number of rotatable bonds is 7. The van der Waals surface area contributed by atoms with E-state index in [-0.39, 0.29) is 0 Å². The molecule has 1 aromatic rings. The van der Waals surface area contributed by atoms with Crippen LogP contribution in [0.1, 0.15) is 38.5 Å². The van der Waals surface area contributed by atoms with Gasteiger partial charge in [0.25, 0.3) is 0 Å². The molecule has 3 heteroatoms. The van der Waals surface area contributed by atoms with Crippen LogP contribution in [-0.2, 0) is 6.42 Å². The van der Waals surface area contributed by atoms with Gasteiger partial charge < -0.3 is 10.4 Å². The molecule has 0 aliphatic heterocycles. The van der Waals surface area contributed by atoms with E-state index in [1.165, 1.54) is 4.88 Å². The van der Waals surface area contributed by atoms with Gasteiger partial charge in [-0.1, -0.05) is 19.9 Å². The van der Waals surface area contributed by atoms with Crippen LogP contribution in [0.3, 0.4) is 0 Å². The van der Waals surface area contributed by atoms with E-state index in [9.17, 15) is 5.11 Å². The standard InChI is InChI=1S/C13H23NOS/c1-11(2)14-9-8-13(3,15)7-6-12-5-4-10-16-12/h4-5,10-11,14-15H,6-9H2,1-3H3. The van der Waals surface area contributed by atoms with Gasteiger partial charge in [-0.15, -0.1) is 11.3 Å². The SMILES string of the molecule is CC(C)NCCC(C)(O)CCc1cccs1. The Kier molecular flexibility index (Phi) is 5.46. The lowest BCUT2D eigenvalue weighted by molar-refractivity contribution is 0.0423. The van der Waals surface area contributed by atoms with Crippen LogP contribution in [0.4, 0.5) is 0 Å². The van der Waals surface area contributed by atoms with Crippen molar-refractivity contribution in [1.29, 1.82) is 0 Å². The quantitative estimate of drug-likeness (QED) is 0.769. The van der Waals surface area contributed by atoms with Crippen molar-refractivity contribution in [3.63, 3.8) is 0 Å². The van der Waals surface area contributed by atoms with Gasteiger partial charge in [-0.3, -0.25) is 0 Å². The van der Waals surface area contributed by atoms with Gasteiger partial charge in [-0.05, 0) is 44.2 Å². The van der Waals surface area contributed by atoms with Crippen LogP contribution in [0.25, 0.3) is 0 Å². The zero-order valence-corrected chi connectivity index (χ0v) is 11.3. The normalized spacial score (nSPS) is 15.3. The molecule has 0 spiro atoms. The van der Waals surface area contributed by atoms with Gasteiger partial charge in [0.1, 0.15) is 0 Å². The van der Waals surface area contributed by atoms with Crippen LogP contribution < -0.4 is 5.32 Å². The highest BCUT2D eigenvalue weighted by molar-refractivity contribution is 7.09. The third-order valence-corrected chi connectivity index (χ3v) is 3.64. The Bertz CT molecular complexity index is 280. The van der Waals surface area contributed by atoms with Crippen molar-refractivity contribution in [2.45, 2.75) is 51.7 Å². The largest absolute Gasteiger partial charge is 0.390 e. The molecule has 0 amide bonds. The van der Waals surface area contributed by atoms with E-state index in [0.29, 0.717) is 6.04 Å². The van der Waals surface area contributed by atoms with E-state index in [0.717, 1.165) is 25.8 Å². The molecule has 1 rings (SSSR count). The van der Waals surface area contributed by atoms with Gasteiger partial charge in [0.2, 0.25) is 0 Å². The fourth-order valence-electron chi connectivity index (χ4n) is 1.60. The molecule has 0 fully saturated rings. The lowest BCUT2D eigenvalue weighted by Gasteiger charge is -2.23. The highest BCUT2D eigenvalue weighted by Gasteiger charge is 2.19. The number of hydrogen-bond donors (Lipinski definition) is 2. The molecule has 2 N–H and O–H groups in total. The molecular weight excluding hydrogens is 218 g/mol. The Balaban J connectivity index is 2.23. The maximum Gasteiger partial charge on any atom is 0.0635 e. The Morgan fingerprint density at radius 3 is 2.75 bits per heavy atom. The van der Waals surface area contributed by atoms with Crippen molar-refractivity contribution in [3.05, 3.63) is 22.4 Å². The van der Waals surface area contributed by atoms with E-state index in [1.807, 2.05) is 6.92 Å². The molecule has 0 bridgehead atoms. The second-order valence-corrected chi connectivity index (χ2v) is 5.97. The Morgan fingerprint density at radius 1 is 1.44 bits per heavy atom. The molecule has 1 heterocycles. The first-order chi connectivity index (χ1) is 7.49. The second kappa shape index (κ2) is 6.38.